The molecule has 0 bridgehead atoms. The van der Waals surface area contributed by atoms with Gasteiger partial charge in [-0.1, -0.05) is 61.5 Å². The van der Waals surface area contributed by atoms with E-state index < -0.39 is 0 Å². The highest BCUT2D eigenvalue weighted by molar-refractivity contribution is 5.96. The largest absolute Gasteiger partial charge is 0.380 e. The lowest BCUT2D eigenvalue weighted by atomic mass is 9.94. The molecule has 0 saturated heterocycles. The van der Waals surface area contributed by atoms with Crippen LogP contribution in [0.3, 0.4) is 0 Å². The summed E-state index contributed by atoms with van der Waals surface area (Å²) in [6, 6.07) is 25.5. The van der Waals surface area contributed by atoms with E-state index in [2.05, 4.69) is 58.9 Å². The van der Waals surface area contributed by atoms with Crippen molar-refractivity contribution in [2.45, 2.75) is 50.9 Å². The number of fused-ring (bicyclic) bond motifs is 2. The van der Waals surface area contributed by atoms with Crippen LogP contribution in [0, 0.1) is 0 Å². The van der Waals surface area contributed by atoms with Crippen molar-refractivity contribution in [2.75, 3.05) is 17.2 Å². The normalized spacial score (nSPS) is 20.1. The fourth-order valence-electron chi connectivity index (χ4n) is 5.38. The summed E-state index contributed by atoms with van der Waals surface area (Å²) < 4.78 is 0. The number of benzene rings is 3. The van der Waals surface area contributed by atoms with Gasteiger partial charge in [0.1, 0.15) is 0 Å². The van der Waals surface area contributed by atoms with Gasteiger partial charge < -0.3 is 16.4 Å². The Kier molecular flexibility index (Phi) is 6.16. The van der Waals surface area contributed by atoms with Crippen molar-refractivity contribution in [1.29, 1.82) is 0 Å². The molecule has 170 valence electrons. The summed E-state index contributed by atoms with van der Waals surface area (Å²) in [6.07, 6.45) is 1.66. The van der Waals surface area contributed by atoms with E-state index in [1.165, 1.54) is 22.4 Å². The van der Waals surface area contributed by atoms with Gasteiger partial charge in [0.05, 0.1) is 12.0 Å². The van der Waals surface area contributed by atoms with Crippen LogP contribution in [0.2, 0.25) is 0 Å². The number of amides is 1. The molecule has 5 nitrogen and oxygen atoms in total. The van der Waals surface area contributed by atoms with E-state index in [1.54, 1.807) is 0 Å². The van der Waals surface area contributed by atoms with Gasteiger partial charge in [-0.2, -0.15) is 0 Å². The van der Waals surface area contributed by atoms with E-state index >= 15 is 0 Å². The molecule has 0 saturated carbocycles. The number of hydrogen-bond acceptors (Lipinski definition) is 4. The number of rotatable bonds is 7. The molecule has 0 radical (unpaired) electrons. The fraction of sp³-hybridized carbons (Fsp3) is 0.321. The molecule has 3 aromatic carbocycles. The van der Waals surface area contributed by atoms with Gasteiger partial charge >= 0.3 is 0 Å². The Hall–Kier alpha value is -3.15. The molecule has 3 unspecified atom stereocenters. The zero-order valence-corrected chi connectivity index (χ0v) is 19.1. The maximum absolute atomic E-state index is 13.2. The predicted molar refractivity (Wildman–Crippen MR) is 134 cm³/mol. The molecule has 0 aliphatic carbocycles. The molecule has 5 heteroatoms. The number of carbonyl (C=O) groups excluding carboxylic acids is 1. The number of hydrogen-bond donors (Lipinski definition) is 3. The zero-order chi connectivity index (χ0) is 22.8. The monoisotopic (exact) mass is 440 g/mol. The number of carbonyl (C=O) groups is 1. The maximum Gasteiger partial charge on any atom is 0.231 e. The van der Waals surface area contributed by atoms with E-state index in [-0.39, 0.29) is 17.9 Å². The first-order valence-electron chi connectivity index (χ1n) is 11.9. The second kappa shape index (κ2) is 9.38. The first-order valence-corrected chi connectivity index (χ1v) is 11.9. The first kappa shape index (κ1) is 21.7. The summed E-state index contributed by atoms with van der Waals surface area (Å²) in [5, 5.41) is 6.89. The minimum atomic E-state index is -0.255. The third-order valence-corrected chi connectivity index (χ3v) is 7.03. The molecule has 3 atom stereocenters. The minimum Gasteiger partial charge on any atom is -0.380 e. The molecule has 2 heterocycles. The van der Waals surface area contributed by atoms with E-state index in [1.807, 2.05) is 36.4 Å². The summed E-state index contributed by atoms with van der Waals surface area (Å²) in [5.41, 5.74) is 12.9. The number of nitrogens with two attached hydrogens (primary N) is 1. The van der Waals surface area contributed by atoms with E-state index in [4.69, 9.17) is 5.73 Å². The predicted octanol–water partition coefficient (Wildman–Crippen LogP) is 5.02. The zero-order valence-electron chi connectivity index (χ0n) is 19.1. The van der Waals surface area contributed by atoms with Crippen LogP contribution < -0.4 is 16.4 Å². The Balaban J connectivity index is 1.39. The van der Waals surface area contributed by atoms with Gasteiger partial charge in [0, 0.05) is 30.5 Å². The average Bonchev–Trinajstić information content (AvgIpc) is 3.43. The van der Waals surface area contributed by atoms with Crippen molar-refractivity contribution in [3.8, 4) is 0 Å². The Bertz CT molecular complexity index is 1100. The summed E-state index contributed by atoms with van der Waals surface area (Å²) in [4.78, 5) is 15.8. The molecule has 1 amide bonds. The second-order valence-corrected chi connectivity index (χ2v) is 9.11. The standard InChI is InChI=1S/C28H32N4O/c1-2-25-27(32-17-20-10-6-7-11-21(20)18-32)24-16-22(12-13-26(24)31-25)30-28(33)23(14-15-29)19-8-4-3-5-9-19/h3-13,16,23,25,27,31H,2,14-15,17-18,29H2,1H3,(H,30,33). The van der Waals surface area contributed by atoms with Crippen LogP contribution in [0.4, 0.5) is 11.4 Å². The van der Waals surface area contributed by atoms with Crippen LogP contribution in [0.1, 0.15) is 54.0 Å². The van der Waals surface area contributed by atoms with Crippen LogP contribution in [0.5, 0.6) is 0 Å². The van der Waals surface area contributed by atoms with E-state index in [0.717, 1.165) is 30.8 Å². The number of nitrogens with zero attached hydrogens (tertiary/aromatic N) is 1. The van der Waals surface area contributed by atoms with E-state index in [0.29, 0.717) is 19.0 Å². The minimum absolute atomic E-state index is 0.00488. The fourth-order valence-corrected chi connectivity index (χ4v) is 5.38. The lowest BCUT2D eigenvalue weighted by molar-refractivity contribution is -0.117. The van der Waals surface area contributed by atoms with Gasteiger partial charge in [-0.25, -0.2) is 0 Å². The topological polar surface area (TPSA) is 70.4 Å². The second-order valence-electron chi connectivity index (χ2n) is 9.11. The third kappa shape index (κ3) is 4.26. The van der Waals surface area contributed by atoms with Gasteiger partial charge in [0.25, 0.3) is 0 Å². The molecule has 0 spiro atoms. The highest BCUT2D eigenvalue weighted by atomic mass is 16.1. The Morgan fingerprint density at radius 1 is 1.06 bits per heavy atom. The molecule has 4 N–H and O–H groups in total. The molecule has 0 aromatic heterocycles. The lowest BCUT2D eigenvalue weighted by Crippen LogP contribution is -2.32. The Labute approximate surface area is 196 Å². The molecule has 2 aliphatic rings. The molecule has 3 aromatic rings. The van der Waals surface area contributed by atoms with Gasteiger partial charge in [-0.15, -0.1) is 0 Å². The van der Waals surface area contributed by atoms with Crippen molar-refractivity contribution < 1.29 is 4.79 Å². The Morgan fingerprint density at radius 2 is 1.76 bits per heavy atom. The van der Waals surface area contributed by atoms with Crippen LogP contribution in [0.25, 0.3) is 0 Å². The smallest absolute Gasteiger partial charge is 0.231 e. The van der Waals surface area contributed by atoms with Crippen LogP contribution in [0.15, 0.2) is 72.8 Å². The maximum atomic E-state index is 13.2. The van der Waals surface area contributed by atoms with Crippen molar-refractivity contribution in [3.05, 3.63) is 95.1 Å². The molecular formula is C28H32N4O. The highest BCUT2D eigenvalue weighted by Crippen LogP contribution is 2.44. The van der Waals surface area contributed by atoms with Gasteiger partial charge in [0.15, 0.2) is 0 Å². The van der Waals surface area contributed by atoms with E-state index in [9.17, 15) is 4.79 Å². The third-order valence-electron chi connectivity index (χ3n) is 7.03. The molecule has 0 fully saturated rings. The lowest BCUT2D eigenvalue weighted by Gasteiger charge is -2.29. The van der Waals surface area contributed by atoms with Crippen molar-refractivity contribution >= 4 is 17.3 Å². The summed E-state index contributed by atoms with van der Waals surface area (Å²) in [7, 11) is 0. The molecular weight excluding hydrogens is 408 g/mol. The summed E-state index contributed by atoms with van der Waals surface area (Å²) in [5.74, 6) is -0.260. The van der Waals surface area contributed by atoms with Crippen LogP contribution in [-0.4, -0.2) is 23.4 Å². The summed E-state index contributed by atoms with van der Waals surface area (Å²) >= 11 is 0. The number of nitrogens with one attached hydrogen (secondary N) is 2. The summed E-state index contributed by atoms with van der Waals surface area (Å²) in [6.45, 7) is 4.62. The van der Waals surface area contributed by atoms with Gasteiger partial charge in [-0.3, -0.25) is 9.69 Å². The highest BCUT2D eigenvalue weighted by Gasteiger charge is 2.38. The van der Waals surface area contributed by atoms with Gasteiger partial charge in [-0.05, 0) is 59.8 Å². The van der Waals surface area contributed by atoms with Gasteiger partial charge in [0.2, 0.25) is 5.91 Å². The van der Waals surface area contributed by atoms with Crippen molar-refractivity contribution in [2.24, 2.45) is 5.73 Å². The van der Waals surface area contributed by atoms with Crippen molar-refractivity contribution in [1.82, 2.24) is 4.90 Å². The molecule has 5 rings (SSSR count). The Morgan fingerprint density at radius 3 is 2.42 bits per heavy atom. The average molecular weight is 441 g/mol. The number of anilines is 2. The van der Waals surface area contributed by atoms with Crippen LogP contribution >= 0.6 is 0 Å². The SMILES string of the molecule is CCC1Nc2ccc(NC(=O)C(CCN)c3ccccc3)cc2C1N1Cc2ccccc2C1. The van der Waals surface area contributed by atoms with Crippen LogP contribution in [-0.2, 0) is 17.9 Å². The molecule has 33 heavy (non-hydrogen) atoms. The quantitative estimate of drug-likeness (QED) is 0.483. The van der Waals surface area contributed by atoms with Crippen molar-refractivity contribution in [3.63, 3.8) is 0 Å². The molecule has 2 aliphatic heterocycles. The first-order chi connectivity index (χ1) is 16.2.